The van der Waals surface area contributed by atoms with E-state index in [9.17, 15) is 0 Å². The highest BCUT2D eigenvalue weighted by atomic mass is 79.9. The predicted molar refractivity (Wildman–Crippen MR) is 83.2 cm³/mol. The molecule has 0 unspecified atom stereocenters. The lowest BCUT2D eigenvalue weighted by Crippen LogP contribution is -2.16. The van der Waals surface area contributed by atoms with Crippen LogP contribution in [0.25, 0.3) is 10.9 Å². The van der Waals surface area contributed by atoms with Crippen molar-refractivity contribution in [2.75, 3.05) is 0 Å². The van der Waals surface area contributed by atoms with Gasteiger partial charge in [0.1, 0.15) is 5.82 Å². The lowest BCUT2D eigenvalue weighted by molar-refractivity contribution is 0.640. The van der Waals surface area contributed by atoms with Crippen LogP contribution in [0.5, 0.6) is 0 Å². The summed E-state index contributed by atoms with van der Waals surface area (Å²) in [6.07, 6.45) is 5.60. The van der Waals surface area contributed by atoms with Crippen molar-refractivity contribution in [1.29, 1.82) is 0 Å². The second kappa shape index (κ2) is 5.73. The van der Waals surface area contributed by atoms with E-state index in [0.29, 0.717) is 0 Å². The second-order valence-electron chi connectivity index (χ2n) is 4.66. The minimum atomic E-state index is 0.744. The van der Waals surface area contributed by atoms with Gasteiger partial charge < -0.3 is 9.88 Å². The van der Waals surface area contributed by atoms with Gasteiger partial charge in [0.2, 0.25) is 0 Å². The van der Waals surface area contributed by atoms with Crippen LogP contribution in [0, 0.1) is 0 Å². The van der Waals surface area contributed by atoms with Crippen LogP contribution in [0.1, 0.15) is 11.4 Å². The van der Waals surface area contributed by atoms with Crippen LogP contribution in [-0.4, -0.2) is 14.5 Å². The highest BCUT2D eigenvalue weighted by Gasteiger charge is 2.05. The summed E-state index contributed by atoms with van der Waals surface area (Å²) in [5, 5.41) is 4.56. The fourth-order valence-electron chi connectivity index (χ4n) is 2.21. The molecule has 0 saturated carbocycles. The molecule has 20 heavy (non-hydrogen) atoms. The van der Waals surface area contributed by atoms with Crippen LogP contribution >= 0.6 is 15.9 Å². The van der Waals surface area contributed by atoms with Gasteiger partial charge in [-0.3, -0.25) is 4.98 Å². The molecule has 0 atom stereocenters. The fraction of sp³-hybridized carbons (Fsp3) is 0.200. The third-order valence-corrected chi connectivity index (χ3v) is 4.01. The molecule has 0 saturated heterocycles. The average Bonchev–Trinajstić information content (AvgIpc) is 2.87. The van der Waals surface area contributed by atoms with Crippen LogP contribution in [0.4, 0.5) is 0 Å². The fourth-order valence-corrected chi connectivity index (χ4v) is 2.67. The summed E-state index contributed by atoms with van der Waals surface area (Å²) >= 11 is 3.57. The Morgan fingerprint density at radius 3 is 2.85 bits per heavy atom. The zero-order chi connectivity index (χ0) is 13.9. The first-order valence-corrected chi connectivity index (χ1v) is 7.24. The topological polar surface area (TPSA) is 42.7 Å². The summed E-state index contributed by atoms with van der Waals surface area (Å²) < 4.78 is 3.10. The first kappa shape index (κ1) is 13.3. The molecule has 0 aliphatic carbocycles. The van der Waals surface area contributed by atoms with Crippen molar-refractivity contribution in [2.24, 2.45) is 7.05 Å². The molecular weight excluding hydrogens is 316 g/mol. The maximum atomic E-state index is 4.48. The Bertz CT molecular complexity index is 736. The van der Waals surface area contributed by atoms with E-state index in [1.807, 2.05) is 36.3 Å². The van der Waals surface area contributed by atoms with Crippen molar-refractivity contribution in [1.82, 2.24) is 19.9 Å². The molecule has 0 amide bonds. The quantitative estimate of drug-likeness (QED) is 0.799. The van der Waals surface area contributed by atoms with Gasteiger partial charge in [-0.05, 0) is 17.7 Å². The standard InChI is InChI=1S/C15H15BrN4/c1-20-8-7-18-14(20)10-17-9-11-4-5-13(16)12-3-2-6-19-15(11)12/h2-8,17H,9-10H2,1H3. The number of aromatic nitrogens is 3. The van der Waals surface area contributed by atoms with Crippen LogP contribution in [-0.2, 0) is 20.1 Å². The van der Waals surface area contributed by atoms with E-state index in [2.05, 4.69) is 49.4 Å². The lowest BCUT2D eigenvalue weighted by Gasteiger charge is -2.09. The highest BCUT2D eigenvalue weighted by molar-refractivity contribution is 9.10. The summed E-state index contributed by atoms with van der Waals surface area (Å²) in [5.41, 5.74) is 2.23. The van der Waals surface area contributed by atoms with Gasteiger partial charge in [-0.2, -0.15) is 0 Å². The van der Waals surface area contributed by atoms with Gasteiger partial charge in [0.25, 0.3) is 0 Å². The van der Waals surface area contributed by atoms with E-state index in [0.717, 1.165) is 34.3 Å². The van der Waals surface area contributed by atoms with Crippen molar-refractivity contribution in [2.45, 2.75) is 13.1 Å². The molecule has 0 aliphatic rings. The molecule has 5 heteroatoms. The largest absolute Gasteiger partial charge is 0.337 e. The third kappa shape index (κ3) is 2.59. The molecule has 1 N–H and O–H groups in total. The molecule has 4 nitrogen and oxygen atoms in total. The number of hydrogen-bond donors (Lipinski definition) is 1. The van der Waals surface area contributed by atoms with E-state index < -0.39 is 0 Å². The first-order chi connectivity index (χ1) is 9.75. The van der Waals surface area contributed by atoms with Gasteiger partial charge in [-0.15, -0.1) is 0 Å². The molecule has 0 radical (unpaired) electrons. The first-order valence-electron chi connectivity index (χ1n) is 6.45. The van der Waals surface area contributed by atoms with Crippen LogP contribution in [0.3, 0.4) is 0 Å². The van der Waals surface area contributed by atoms with E-state index in [1.54, 1.807) is 0 Å². The molecule has 3 aromatic rings. The third-order valence-electron chi connectivity index (χ3n) is 3.32. The Morgan fingerprint density at radius 2 is 2.05 bits per heavy atom. The molecule has 2 heterocycles. The smallest absolute Gasteiger partial charge is 0.122 e. The molecule has 0 bridgehead atoms. The number of nitrogens with zero attached hydrogens (tertiary/aromatic N) is 3. The van der Waals surface area contributed by atoms with Gasteiger partial charge in [0, 0.05) is 42.0 Å². The van der Waals surface area contributed by atoms with Gasteiger partial charge in [0.05, 0.1) is 12.1 Å². The zero-order valence-corrected chi connectivity index (χ0v) is 12.8. The lowest BCUT2D eigenvalue weighted by atomic mass is 10.1. The van der Waals surface area contributed by atoms with Crippen LogP contribution in [0.15, 0.2) is 47.3 Å². The summed E-state index contributed by atoms with van der Waals surface area (Å²) in [7, 11) is 2.00. The molecular formula is C15H15BrN4. The van der Waals surface area contributed by atoms with Crippen LogP contribution in [0.2, 0.25) is 0 Å². The Kier molecular flexibility index (Phi) is 3.80. The molecule has 3 rings (SSSR count). The Labute approximate surface area is 126 Å². The van der Waals surface area contributed by atoms with Crippen molar-refractivity contribution < 1.29 is 0 Å². The van der Waals surface area contributed by atoms with Gasteiger partial charge in [-0.25, -0.2) is 4.98 Å². The Balaban J connectivity index is 1.78. The van der Waals surface area contributed by atoms with Crippen molar-refractivity contribution in [3.05, 3.63) is 58.7 Å². The molecule has 2 aromatic heterocycles. The normalized spacial score (nSPS) is 11.1. The molecule has 102 valence electrons. The number of halogens is 1. The summed E-state index contributed by atoms with van der Waals surface area (Å²) in [6, 6.07) is 8.21. The van der Waals surface area contributed by atoms with Crippen molar-refractivity contribution in [3.63, 3.8) is 0 Å². The number of nitrogens with one attached hydrogen (secondary N) is 1. The minimum Gasteiger partial charge on any atom is -0.337 e. The number of benzene rings is 1. The Hall–Kier alpha value is -1.72. The monoisotopic (exact) mass is 330 g/mol. The number of imidazole rings is 1. The van der Waals surface area contributed by atoms with Crippen molar-refractivity contribution >= 4 is 26.8 Å². The Morgan fingerprint density at radius 1 is 1.15 bits per heavy atom. The predicted octanol–water partition coefficient (Wildman–Crippen LogP) is 3.02. The summed E-state index contributed by atoms with van der Waals surface area (Å²) in [4.78, 5) is 8.79. The minimum absolute atomic E-state index is 0.744. The van der Waals surface area contributed by atoms with Crippen molar-refractivity contribution in [3.8, 4) is 0 Å². The number of rotatable bonds is 4. The number of hydrogen-bond acceptors (Lipinski definition) is 3. The second-order valence-corrected chi connectivity index (χ2v) is 5.52. The van der Waals surface area contributed by atoms with E-state index in [4.69, 9.17) is 0 Å². The number of fused-ring (bicyclic) bond motifs is 1. The highest BCUT2D eigenvalue weighted by Crippen LogP contribution is 2.25. The van der Waals surface area contributed by atoms with Crippen LogP contribution < -0.4 is 5.32 Å². The molecule has 0 fully saturated rings. The number of pyridine rings is 1. The SMILES string of the molecule is Cn1ccnc1CNCc1ccc(Br)c2cccnc12. The average molecular weight is 331 g/mol. The molecule has 0 spiro atoms. The van der Waals surface area contributed by atoms with Gasteiger partial charge in [-0.1, -0.05) is 28.1 Å². The summed E-state index contributed by atoms with van der Waals surface area (Å²) in [5.74, 6) is 1.03. The maximum absolute atomic E-state index is 4.48. The maximum Gasteiger partial charge on any atom is 0.122 e. The summed E-state index contributed by atoms with van der Waals surface area (Å²) in [6.45, 7) is 1.52. The number of aryl methyl sites for hydroxylation is 1. The van der Waals surface area contributed by atoms with Gasteiger partial charge in [0.15, 0.2) is 0 Å². The molecule has 0 aliphatic heterocycles. The molecule has 1 aromatic carbocycles. The van der Waals surface area contributed by atoms with Gasteiger partial charge >= 0.3 is 0 Å². The van der Waals surface area contributed by atoms with E-state index in [1.165, 1.54) is 5.56 Å². The van der Waals surface area contributed by atoms with E-state index >= 15 is 0 Å². The zero-order valence-electron chi connectivity index (χ0n) is 11.2. The van der Waals surface area contributed by atoms with E-state index in [-0.39, 0.29) is 0 Å².